The number of hydrogen-bond acceptors (Lipinski definition) is 3. The number of hydrogen-bond donors (Lipinski definition) is 1. The van der Waals surface area contributed by atoms with E-state index in [0.29, 0.717) is 5.69 Å². The van der Waals surface area contributed by atoms with Crippen molar-refractivity contribution in [1.82, 2.24) is 15.5 Å². The molecule has 4 nitrogen and oxygen atoms in total. The number of carbonyl (C=O) groups is 1. The van der Waals surface area contributed by atoms with Crippen molar-refractivity contribution in [2.45, 2.75) is 32.1 Å². The Morgan fingerprint density at radius 2 is 2.31 bits per heavy atom. The van der Waals surface area contributed by atoms with Gasteiger partial charge in [-0.1, -0.05) is 25.7 Å². The molecule has 4 heteroatoms. The minimum atomic E-state index is -0.125. The number of amides is 1. The molecule has 0 aromatic carbocycles. The normalized spacial score (nSPS) is 14.8. The second kappa shape index (κ2) is 5.58. The quantitative estimate of drug-likeness (QED) is 0.742. The van der Waals surface area contributed by atoms with Gasteiger partial charge in [0, 0.05) is 12.7 Å². The summed E-state index contributed by atoms with van der Waals surface area (Å²) in [5.74, 6) is 0.857. The second-order valence-corrected chi connectivity index (χ2v) is 4.30. The van der Waals surface area contributed by atoms with Gasteiger partial charge in [0.05, 0.1) is 0 Å². The van der Waals surface area contributed by atoms with Crippen molar-refractivity contribution in [3.63, 3.8) is 0 Å². The van der Waals surface area contributed by atoms with Crippen LogP contribution in [0.4, 0.5) is 0 Å². The van der Waals surface area contributed by atoms with E-state index in [2.05, 4.69) is 15.5 Å². The van der Waals surface area contributed by atoms with Crippen molar-refractivity contribution in [2.75, 3.05) is 6.54 Å². The molecule has 16 heavy (non-hydrogen) atoms. The molecule has 1 aromatic rings. The van der Waals surface area contributed by atoms with Crippen LogP contribution in [0.3, 0.4) is 0 Å². The highest BCUT2D eigenvalue weighted by Gasteiger charge is 2.19. The Hall–Kier alpha value is -1.45. The molecule has 0 unspecified atom stereocenters. The summed E-state index contributed by atoms with van der Waals surface area (Å²) in [4.78, 5) is 11.5. The summed E-state index contributed by atoms with van der Waals surface area (Å²) in [6, 6.07) is 3.39. The summed E-state index contributed by atoms with van der Waals surface area (Å²) >= 11 is 0. The summed E-state index contributed by atoms with van der Waals surface area (Å²) in [7, 11) is 0. The zero-order valence-corrected chi connectivity index (χ0v) is 9.35. The average Bonchev–Trinajstić information content (AvgIpc) is 3.13. The van der Waals surface area contributed by atoms with Gasteiger partial charge in [0.2, 0.25) is 0 Å². The lowest BCUT2D eigenvalue weighted by molar-refractivity contribution is 0.0947. The summed E-state index contributed by atoms with van der Waals surface area (Å²) < 4.78 is 0. The van der Waals surface area contributed by atoms with Crippen LogP contribution in [0.15, 0.2) is 18.3 Å². The zero-order chi connectivity index (χ0) is 11.2. The number of rotatable bonds is 6. The first-order chi connectivity index (χ1) is 7.86. The molecule has 1 amide bonds. The Morgan fingerprint density at radius 1 is 1.44 bits per heavy atom. The van der Waals surface area contributed by atoms with E-state index in [0.717, 1.165) is 18.9 Å². The van der Waals surface area contributed by atoms with E-state index in [9.17, 15) is 4.79 Å². The van der Waals surface area contributed by atoms with Crippen molar-refractivity contribution in [3.05, 3.63) is 24.0 Å². The predicted molar refractivity (Wildman–Crippen MR) is 60.9 cm³/mol. The second-order valence-electron chi connectivity index (χ2n) is 4.30. The van der Waals surface area contributed by atoms with Gasteiger partial charge in [-0.2, -0.15) is 5.10 Å². The van der Waals surface area contributed by atoms with Gasteiger partial charge in [-0.15, -0.1) is 5.10 Å². The average molecular weight is 219 g/mol. The molecule has 1 N–H and O–H groups in total. The van der Waals surface area contributed by atoms with Crippen LogP contribution in [0.1, 0.15) is 42.6 Å². The van der Waals surface area contributed by atoms with Crippen molar-refractivity contribution >= 4 is 5.91 Å². The molecular formula is C12H17N3O. The molecule has 1 heterocycles. The van der Waals surface area contributed by atoms with Crippen LogP contribution in [-0.4, -0.2) is 22.6 Å². The van der Waals surface area contributed by atoms with Crippen molar-refractivity contribution in [1.29, 1.82) is 0 Å². The lowest BCUT2D eigenvalue weighted by atomic mass is 10.2. The van der Waals surface area contributed by atoms with Crippen molar-refractivity contribution < 1.29 is 4.79 Å². The van der Waals surface area contributed by atoms with Gasteiger partial charge in [-0.25, -0.2) is 0 Å². The summed E-state index contributed by atoms with van der Waals surface area (Å²) in [5.41, 5.74) is 0.393. The fourth-order valence-electron chi connectivity index (χ4n) is 1.68. The number of unbranched alkanes of at least 4 members (excludes halogenated alkanes) is 1. The Labute approximate surface area is 95.5 Å². The maximum Gasteiger partial charge on any atom is 0.271 e. The Kier molecular flexibility index (Phi) is 3.86. The molecule has 1 aromatic heterocycles. The third-order valence-electron chi connectivity index (χ3n) is 2.83. The highest BCUT2D eigenvalue weighted by atomic mass is 16.1. The molecular weight excluding hydrogens is 202 g/mol. The van der Waals surface area contributed by atoms with E-state index >= 15 is 0 Å². The minimum absolute atomic E-state index is 0.125. The Bertz CT molecular complexity index is 335. The van der Waals surface area contributed by atoms with Gasteiger partial charge >= 0.3 is 0 Å². The van der Waals surface area contributed by atoms with Crippen LogP contribution in [0.2, 0.25) is 0 Å². The number of carbonyl (C=O) groups excluding carboxylic acids is 1. The van der Waals surface area contributed by atoms with Gasteiger partial charge < -0.3 is 5.32 Å². The van der Waals surface area contributed by atoms with Crippen LogP contribution in [0, 0.1) is 5.92 Å². The number of aromatic nitrogens is 2. The smallest absolute Gasteiger partial charge is 0.271 e. The molecule has 0 bridgehead atoms. The molecule has 0 atom stereocenters. The van der Waals surface area contributed by atoms with E-state index < -0.39 is 0 Å². The molecule has 2 rings (SSSR count). The van der Waals surface area contributed by atoms with Crippen LogP contribution in [0.5, 0.6) is 0 Å². The molecule has 0 radical (unpaired) electrons. The van der Waals surface area contributed by atoms with Crippen LogP contribution >= 0.6 is 0 Å². The van der Waals surface area contributed by atoms with Gasteiger partial charge in [0.25, 0.3) is 5.91 Å². The first kappa shape index (κ1) is 11.0. The molecule has 1 fully saturated rings. The maximum atomic E-state index is 11.5. The lowest BCUT2D eigenvalue weighted by Gasteiger charge is -2.03. The highest BCUT2D eigenvalue weighted by Crippen LogP contribution is 2.33. The fourth-order valence-corrected chi connectivity index (χ4v) is 1.68. The van der Waals surface area contributed by atoms with E-state index in [1.165, 1.54) is 25.7 Å². The molecule has 0 aliphatic heterocycles. The van der Waals surface area contributed by atoms with Gasteiger partial charge in [0.15, 0.2) is 5.69 Å². The van der Waals surface area contributed by atoms with Gasteiger partial charge in [-0.3, -0.25) is 4.79 Å². The third-order valence-corrected chi connectivity index (χ3v) is 2.83. The molecule has 1 saturated carbocycles. The summed E-state index contributed by atoms with van der Waals surface area (Å²) in [6.07, 6.45) is 7.97. The maximum absolute atomic E-state index is 11.5. The first-order valence-corrected chi connectivity index (χ1v) is 5.92. The molecule has 86 valence electrons. The standard InChI is InChI=1S/C12H17N3O/c16-12(11-5-3-9-14-15-11)13-8-2-1-4-10-6-7-10/h3,5,9-10H,1-2,4,6-8H2,(H,13,16). The predicted octanol–water partition coefficient (Wildman–Crippen LogP) is 1.79. The van der Waals surface area contributed by atoms with Crippen LogP contribution in [-0.2, 0) is 0 Å². The minimum Gasteiger partial charge on any atom is -0.351 e. The van der Waals surface area contributed by atoms with E-state index in [1.54, 1.807) is 18.3 Å². The zero-order valence-electron chi connectivity index (χ0n) is 9.35. The fraction of sp³-hybridized carbons (Fsp3) is 0.583. The molecule has 1 aliphatic rings. The molecule has 1 aliphatic carbocycles. The highest BCUT2D eigenvalue weighted by molar-refractivity contribution is 5.91. The van der Waals surface area contributed by atoms with Gasteiger partial charge in [0.1, 0.15) is 0 Å². The van der Waals surface area contributed by atoms with Crippen molar-refractivity contribution in [3.8, 4) is 0 Å². The topological polar surface area (TPSA) is 54.9 Å². The van der Waals surface area contributed by atoms with E-state index in [1.807, 2.05) is 0 Å². The van der Waals surface area contributed by atoms with Gasteiger partial charge in [-0.05, 0) is 24.5 Å². The van der Waals surface area contributed by atoms with E-state index in [-0.39, 0.29) is 5.91 Å². The first-order valence-electron chi connectivity index (χ1n) is 5.92. The van der Waals surface area contributed by atoms with Crippen LogP contribution in [0.25, 0.3) is 0 Å². The Balaban J connectivity index is 1.60. The van der Waals surface area contributed by atoms with Crippen molar-refractivity contribution in [2.24, 2.45) is 5.92 Å². The summed E-state index contributed by atoms with van der Waals surface area (Å²) in [5, 5.41) is 10.3. The summed E-state index contributed by atoms with van der Waals surface area (Å²) in [6.45, 7) is 0.738. The third kappa shape index (κ3) is 3.61. The monoisotopic (exact) mass is 219 g/mol. The Morgan fingerprint density at radius 3 is 3.00 bits per heavy atom. The number of nitrogens with one attached hydrogen (secondary N) is 1. The molecule has 0 saturated heterocycles. The largest absolute Gasteiger partial charge is 0.351 e. The number of nitrogens with zero attached hydrogens (tertiary/aromatic N) is 2. The van der Waals surface area contributed by atoms with Crippen LogP contribution < -0.4 is 5.32 Å². The lowest BCUT2D eigenvalue weighted by Crippen LogP contribution is -2.25. The molecule has 0 spiro atoms. The SMILES string of the molecule is O=C(NCCCCC1CC1)c1cccnn1. The van der Waals surface area contributed by atoms with E-state index in [4.69, 9.17) is 0 Å².